The van der Waals surface area contributed by atoms with E-state index in [0.717, 1.165) is 17.1 Å². The maximum absolute atomic E-state index is 11.9. The van der Waals surface area contributed by atoms with E-state index >= 15 is 0 Å². The Balaban J connectivity index is 1.73. The molecule has 0 radical (unpaired) electrons. The van der Waals surface area contributed by atoms with E-state index in [-0.39, 0.29) is 11.9 Å². The first-order chi connectivity index (χ1) is 10.1. The number of nitrogens with zero attached hydrogens (tertiary/aromatic N) is 2. The first-order valence-electron chi connectivity index (χ1n) is 7.46. The summed E-state index contributed by atoms with van der Waals surface area (Å²) in [5.41, 5.74) is 2.03. The van der Waals surface area contributed by atoms with Gasteiger partial charge in [0.25, 0.3) is 0 Å². The van der Waals surface area contributed by atoms with Crippen LogP contribution in [0.15, 0.2) is 28.9 Å². The largest absolute Gasteiger partial charge is 0.467 e. The standard InChI is InChI=1S/C16H21N3O2/c1-11-8-12(2)19(18-11)14(15-4-3-7-21-15)10-17-16(20)9-13-5-6-13/h3-4,7-8,13-14H,5-6,9-10H2,1-2H3,(H,17,20)/t14-/m1/s1. The van der Waals surface area contributed by atoms with Gasteiger partial charge in [-0.25, -0.2) is 0 Å². The molecule has 3 rings (SSSR count). The van der Waals surface area contributed by atoms with Gasteiger partial charge in [-0.15, -0.1) is 0 Å². The van der Waals surface area contributed by atoms with Crippen molar-refractivity contribution in [3.63, 3.8) is 0 Å². The van der Waals surface area contributed by atoms with Gasteiger partial charge in [0.1, 0.15) is 11.8 Å². The number of carbonyl (C=O) groups excluding carboxylic acids is 1. The van der Waals surface area contributed by atoms with Gasteiger partial charge in [0.15, 0.2) is 0 Å². The number of rotatable bonds is 6. The van der Waals surface area contributed by atoms with E-state index in [4.69, 9.17) is 4.42 Å². The molecule has 2 aromatic heterocycles. The van der Waals surface area contributed by atoms with Crippen molar-refractivity contribution in [3.8, 4) is 0 Å². The molecule has 1 N–H and O–H groups in total. The van der Waals surface area contributed by atoms with Gasteiger partial charge < -0.3 is 9.73 Å². The Bertz CT molecular complexity index is 612. The minimum Gasteiger partial charge on any atom is -0.467 e. The summed E-state index contributed by atoms with van der Waals surface area (Å²) in [6.07, 6.45) is 4.67. The third kappa shape index (κ3) is 3.35. The maximum Gasteiger partial charge on any atom is 0.220 e. The molecule has 0 aliphatic heterocycles. The van der Waals surface area contributed by atoms with E-state index in [1.54, 1.807) is 6.26 Å². The Morgan fingerprint density at radius 2 is 2.33 bits per heavy atom. The van der Waals surface area contributed by atoms with Crippen molar-refractivity contribution in [2.45, 2.75) is 39.2 Å². The van der Waals surface area contributed by atoms with Crippen molar-refractivity contribution in [1.29, 1.82) is 0 Å². The average molecular weight is 287 g/mol. The van der Waals surface area contributed by atoms with Crippen LogP contribution in [0.5, 0.6) is 0 Å². The van der Waals surface area contributed by atoms with Crippen LogP contribution in [0.1, 0.15) is 42.5 Å². The van der Waals surface area contributed by atoms with E-state index in [2.05, 4.69) is 10.4 Å². The minimum atomic E-state index is -0.100. The van der Waals surface area contributed by atoms with Gasteiger partial charge >= 0.3 is 0 Å². The summed E-state index contributed by atoms with van der Waals surface area (Å²) >= 11 is 0. The molecule has 2 heterocycles. The second-order valence-electron chi connectivity index (χ2n) is 5.85. The van der Waals surface area contributed by atoms with Crippen LogP contribution in [0.4, 0.5) is 0 Å². The van der Waals surface area contributed by atoms with Crippen LogP contribution < -0.4 is 5.32 Å². The van der Waals surface area contributed by atoms with Crippen molar-refractivity contribution in [3.05, 3.63) is 41.6 Å². The van der Waals surface area contributed by atoms with Crippen LogP contribution in [0.2, 0.25) is 0 Å². The predicted molar refractivity (Wildman–Crippen MR) is 78.9 cm³/mol. The Morgan fingerprint density at radius 3 is 2.90 bits per heavy atom. The highest BCUT2D eigenvalue weighted by Gasteiger charge is 2.25. The highest BCUT2D eigenvalue weighted by atomic mass is 16.3. The van der Waals surface area contributed by atoms with Crippen LogP contribution >= 0.6 is 0 Å². The predicted octanol–water partition coefficient (Wildman–Crippen LogP) is 2.60. The van der Waals surface area contributed by atoms with Crippen molar-refractivity contribution in [2.24, 2.45) is 5.92 Å². The van der Waals surface area contributed by atoms with E-state index in [1.165, 1.54) is 12.8 Å². The Kier molecular flexibility index (Phi) is 3.82. The fraction of sp³-hybridized carbons (Fsp3) is 0.500. The second-order valence-corrected chi connectivity index (χ2v) is 5.85. The number of aryl methyl sites for hydroxylation is 2. The van der Waals surface area contributed by atoms with Gasteiger partial charge in [-0.05, 0) is 50.8 Å². The molecule has 0 bridgehead atoms. The van der Waals surface area contributed by atoms with Crippen molar-refractivity contribution < 1.29 is 9.21 Å². The Hall–Kier alpha value is -2.04. The number of hydrogen-bond acceptors (Lipinski definition) is 3. The number of amides is 1. The molecule has 21 heavy (non-hydrogen) atoms. The molecule has 1 atom stereocenters. The highest BCUT2D eigenvalue weighted by molar-refractivity contribution is 5.76. The first-order valence-corrected chi connectivity index (χ1v) is 7.46. The van der Waals surface area contributed by atoms with E-state index in [0.29, 0.717) is 18.9 Å². The zero-order chi connectivity index (χ0) is 14.8. The molecule has 1 fully saturated rings. The average Bonchev–Trinajstić information content (AvgIpc) is 2.96. The number of hydrogen-bond donors (Lipinski definition) is 1. The zero-order valence-electron chi connectivity index (χ0n) is 12.5. The molecule has 0 unspecified atom stereocenters. The smallest absolute Gasteiger partial charge is 0.220 e. The van der Waals surface area contributed by atoms with Crippen molar-refractivity contribution in [2.75, 3.05) is 6.54 Å². The molecule has 1 aliphatic rings. The first kappa shape index (κ1) is 13.9. The molecule has 112 valence electrons. The number of carbonyl (C=O) groups is 1. The highest BCUT2D eigenvalue weighted by Crippen LogP contribution is 2.32. The molecule has 5 nitrogen and oxygen atoms in total. The molecule has 1 amide bonds. The maximum atomic E-state index is 11.9. The molecular weight excluding hydrogens is 266 g/mol. The van der Waals surface area contributed by atoms with E-state index in [1.807, 2.05) is 36.7 Å². The van der Waals surface area contributed by atoms with Crippen LogP contribution in [-0.2, 0) is 4.79 Å². The van der Waals surface area contributed by atoms with E-state index in [9.17, 15) is 4.79 Å². The second kappa shape index (κ2) is 5.76. The summed E-state index contributed by atoms with van der Waals surface area (Å²) in [5.74, 6) is 1.53. The molecule has 5 heteroatoms. The van der Waals surface area contributed by atoms with Crippen molar-refractivity contribution in [1.82, 2.24) is 15.1 Å². The number of aromatic nitrogens is 2. The van der Waals surface area contributed by atoms with Crippen molar-refractivity contribution >= 4 is 5.91 Å². The molecule has 1 saturated carbocycles. The van der Waals surface area contributed by atoms with Gasteiger partial charge in [0.2, 0.25) is 5.91 Å². The van der Waals surface area contributed by atoms with Crippen LogP contribution in [0, 0.1) is 19.8 Å². The third-order valence-electron chi connectivity index (χ3n) is 3.88. The van der Waals surface area contributed by atoms with Crippen LogP contribution in [0.3, 0.4) is 0 Å². The van der Waals surface area contributed by atoms with Crippen LogP contribution in [0.25, 0.3) is 0 Å². The fourth-order valence-corrected chi connectivity index (χ4v) is 2.62. The molecular formula is C16H21N3O2. The third-order valence-corrected chi connectivity index (χ3v) is 3.88. The lowest BCUT2D eigenvalue weighted by molar-refractivity contribution is -0.121. The summed E-state index contributed by atoms with van der Waals surface area (Å²) in [5, 5.41) is 7.54. The molecule has 0 aromatic carbocycles. The quantitative estimate of drug-likeness (QED) is 0.888. The number of furan rings is 1. The summed E-state index contributed by atoms with van der Waals surface area (Å²) in [6, 6.07) is 5.72. The minimum absolute atomic E-state index is 0.100. The molecule has 0 saturated heterocycles. The fourth-order valence-electron chi connectivity index (χ4n) is 2.62. The summed E-state index contributed by atoms with van der Waals surface area (Å²) in [4.78, 5) is 11.9. The van der Waals surface area contributed by atoms with Gasteiger partial charge in [-0.1, -0.05) is 0 Å². The van der Waals surface area contributed by atoms with Gasteiger partial charge in [0, 0.05) is 18.7 Å². The summed E-state index contributed by atoms with van der Waals surface area (Å²) in [6.45, 7) is 4.48. The SMILES string of the molecule is Cc1cc(C)n([C@H](CNC(=O)CC2CC2)c2ccco2)n1. The lowest BCUT2D eigenvalue weighted by Crippen LogP contribution is -2.32. The van der Waals surface area contributed by atoms with Gasteiger partial charge in [-0.2, -0.15) is 5.10 Å². The molecule has 0 spiro atoms. The number of nitrogens with one attached hydrogen (secondary N) is 1. The van der Waals surface area contributed by atoms with Crippen LogP contribution in [-0.4, -0.2) is 22.2 Å². The summed E-state index contributed by atoms with van der Waals surface area (Å²) < 4.78 is 7.45. The van der Waals surface area contributed by atoms with Gasteiger partial charge in [-0.3, -0.25) is 9.48 Å². The topological polar surface area (TPSA) is 60.1 Å². The molecule has 2 aromatic rings. The van der Waals surface area contributed by atoms with E-state index < -0.39 is 0 Å². The molecule has 1 aliphatic carbocycles. The Labute approximate surface area is 124 Å². The lowest BCUT2D eigenvalue weighted by atomic mass is 10.2. The normalized spacial score (nSPS) is 15.9. The zero-order valence-corrected chi connectivity index (χ0v) is 12.5. The monoisotopic (exact) mass is 287 g/mol. The summed E-state index contributed by atoms with van der Waals surface area (Å²) in [7, 11) is 0. The van der Waals surface area contributed by atoms with Gasteiger partial charge in [0.05, 0.1) is 12.0 Å². The Morgan fingerprint density at radius 1 is 1.52 bits per heavy atom. The lowest BCUT2D eigenvalue weighted by Gasteiger charge is -2.18.